The minimum absolute atomic E-state index is 0.125. The average molecular weight is 574 g/mol. The number of nitrogens with one attached hydrogen (secondary N) is 1. The summed E-state index contributed by atoms with van der Waals surface area (Å²) in [4.78, 5) is 24.0. The second kappa shape index (κ2) is 13.3. The normalized spacial score (nSPS) is 16.2. The van der Waals surface area contributed by atoms with Gasteiger partial charge in [0, 0.05) is 28.2 Å². The molecule has 0 bridgehead atoms. The summed E-state index contributed by atoms with van der Waals surface area (Å²) >= 11 is 13.2. The third-order valence-corrected chi connectivity index (χ3v) is 8.78. The molecular formula is C30H32Cl2NO4S+. The molecule has 0 spiro atoms. The van der Waals surface area contributed by atoms with E-state index in [1.807, 2.05) is 52.0 Å². The molecule has 2 unspecified atom stereocenters. The van der Waals surface area contributed by atoms with Gasteiger partial charge in [-0.25, -0.2) is 9.59 Å². The van der Waals surface area contributed by atoms with Crippen molar-refractivity contribution < 1.29 is 19.1 Å². The van der Waals surface area contributed by atoms with Gasteiger partial charge in [-0.15, -0.1) is 0 Å². The summed E-state index contributed by atoms with van der Waals surface area (Å²) in [5.74, 6) is 2.59. The zero-order valence-electron chi connectivity index (χ0n) is 22.2. The van der Waals surface area contributed by atoms with Crippen molar-refractivity contribution in [3.63, 3.8) is 0 Å². The van der Waals surface area contributed by atoms with Gasteiger partial charge in [-0.05, 0) is 52.0 Å². The lowest BCUT2D eigenvalue weighted by molar-refractivity contribution is -0.138. The van der Waals surface area contributed by atoms with E-state index in [9.17, 15) is 9.59 Å². The van der Waals surface area contributed by atoms with Gasteiger partial charge in [-0.1, -0.05) is 65.7 Å². The third-order valence-electron chi connectivity index (χ3n) is 5.69. The van der Waals surface area contributed by atoms with E-state index in [1.165, 1.54) is 17.6 Å². The van der Waals surface area contributed by atoms with E-state index in [4.69, 9.17) is 32.7 Å². The second-order valence-electron chi connectivity index (χ2n) is 9.61. The van der Waals surface area contributed by atoms with E-state index in [0.717, 1.165) is 16.5 Å². The zero-order valence-corrected chi connectivity index (χ0v) is 24.5. The monoisotopic (exact) mass is 572 g/mol. The lowest BCUT2D eigenvalue weighted by atomic mass is 9.86. The van der Waals surface area contributed by atoms with Crippen LogP contribution < -0.4 is 5.32 Å². The van der Waals surface area contributed by atoms with Crippen molar-refractivity contribution in [3.8, 4) is 0 Å². The number of rotatable bonds is 9. The molecule has 0 aromatic heterocycles. The predicted octanol–water partition coefficient (Wildman–Crippen LogP) is 6.86. The number of carbonyl (C=O) groups is 1. The van der Waals surface area contributed by atoms with Crippen LogP contribution in [0.1, 0.15) is 51.7 Å². The van der Waals surface area contributed by atoms with Crippen molar-refractivity contribution in [1.82, 2.24) is 5.32 Å². The van der Waals surface area contributed by atoms with Crippen LogP contribution in [-0.2, 0) is 35.7 Å². The highest BCUT2D eigenvalue weighted by atomic mass is 35.5. The van der Waals surface area contributed by atoms with Crippen molar-refractivity contribution in [3.05, 3.63) is 104 Å². The quantitative estimate of drug-likeness (QED) is 0.154. The van der Waals surface area contributed by atoms with Gasteiger partial charge in [0.2, 0.25) is 0 Å². The summed E-state index contributed by atoms with van der Waals surface area (Å²) in [6, 6.07) is 15.7. The number of allylic oxidation sites excluding steroid dienone is 2. The number of benzene rings is 2. The molecule has 0 radical (unpaired) electrons. The largest absolute Gasteiger partial charge is 0.485 e. The van der Waals surface area contributed by atoms with Crippen LogP contribution in [0.5, 0.6) is 0 Å². The second-order valence-corrected chi connectivity index (χ2v) is 12.7. The van der Waals surface area contributed by atoms with Gasteiger partial charge in [-0.2, -0.15) is 0 Å². The first-order chi connectivity index (χ1) is 18.1. The Bertz CT molecular complexity index is 1320. The van der Waals surface area contributed by atoms with Crippen LogP contribution in [0.2, 0.25) is 10.0 Å². The molecule has 2 atom stereocenters. The molecule has 0 saturated carbocycles. The summed E-state index contributed by atoms with van der Waals surface area (Å²) in [5.41, 5.74) is 4.54. The minimum Gasteiger partial charge on any atom is -0.485 e. The van der Waals surface area contributed by atoms with E-state index in [-0.39, 0.29) is 17.5 Å². The van der Waals surface area contributed by atoms with Crippen molar-refractivity contribution in [1.29, 1.82) is 0 Å². The van der Waals surface area contributed by atoms with Crippen LogP contribution in [-0.4, -0.2) is 29.9 Å². The maximum atomic E-state index is 13.5. The maximum Gasteiger partial charge on any atom is 0.337 e. The molecule has 38 heavy (non-hydrogen) atoms. The molecule has 8 heteroatoms. The van der Waals surface area contributed by atoms with Crippen LogP contribution in [0.15, 0.2) is 82.4 Å². The van der Waals surface area contributed by atoms with Crippen molar-refractivity contribution >= 4 is 46.0 Å². The molecule has 2 aromatic rings. The Kier molecular flexibility index (Phi) is 10.4. The lowest BCUT2D eigenvalue weighted by Crippen LogP contribution is -2.37. The first kappa shape index (κ1) is 29.7. The van der Waals surface area contributed by atoms with E-state index >= 15 is 0 Å². The Hall–Kier alpha value is -2.85. The Labute approximate surface area is 237 Å². The summed E-state index contributed by atoms with van der Waals surface area (Å²) < 4.78 is 12.1. The molecule has 0 aliphatic carbocycles. The van der Waals surface area contributed by atoms with E-state index in [0.29, 0.717) is 32.6 Å². The van der Waals surface area contributed by atoms with Crippen LogP contribution in [0.4, 0.5) is 0 Å². The third kappa shape index (κ3) is 7.38. The summed E-state index contributed by atoms with van der Waals surface area (Å²) in [6.45, 7) is 9.77. The van der Waals surface area contributed by atoms with Gasteiger partial charge in [0.1, 0.15) is 23.7 Å². The molecule has 1 aliphatic rings. The zero-order chi connectivity index (χ0) is 27.9. The molecule has 2 aromatic carbocycles. The first-order valence-corrected chi connectivity index (χ1v) is 14.6. The van der Waals surface area contributed by atoms with E-state index in [2.05, 4.69) is 30.1 Å². The Morgan fingerprint density at radius 2 is 1.84 bits per heavy atom. The number of halogens is 2. The van der Waals surface area contributed by atoms with Crippen LogP contribution >= 0.6 is 23.2 Å². The Morgan fingerprint density at radius 1 is 1.13 bits per heavy atom. The van der Waals surface area contributed by atoms with E-state index in [1.54, 1.807) is 12.1 Å². The number of dihydropyridines is 1. The Morgan fingerprint density at radius 3 is 2.47 bits per heavy atom. The fraction of sp³-hybridized carbons (Fsp3) is 0.333. The summed E-state index contributed by atoms with van der Waals surface area (Å²) in [6.07, 6.45) is 1.31. The molecular weight excluding hydrogens is 541 g/mol. The van der Waals surface area contributed by atoms with Gasteiger partial charge >= 0.3 is 5.97 Å². The van der Waals surface area contributed by atoms with Gasteiger partial charge in [0.25, 0.3) is 5.03 Å². The van der Waals surface area contributed by atoms with Crippen LogP contribution in [0, 0.1) is 0 Å². The molecule has 1 heterocycles. The lowest BCUT2D eigenvalue weighted by Gasteiger charge is -2.35. The molecule has 0 fully saturated rings. The number of carbonyl (C=O) groups excluding carboxylic acids is 2. The van der Waals surface area contributed by atoms with Gasteiger partial charge in [0.15, 0.2) is 11.7 Å². The van der Waals surface area contributed by atoms with Crippen LogP contribution in [0.3, 0.4) is 0 Å². The summed E-state index contributed by atoms with van der Waals surface area (Å²) in [7, 11) is -0.275. The van der Waals surface area contributed by atoms with Gasteiger partial charge in [0.05, 0.1) is 21.5 Å². The Balaban J connectivity index is 2.23. The summed E-state index contributed by atoms with van der Waals surface area (Å²) in [5, 5.41) is 5.15. The molecule has 1 aliphatic heterocycles. The van der Waals surface area contributed by atoms with Crippen molar-refractivity contribution in [2.24, 2.45) is 0 Å². The number of hydrogen-bond donors (Lipinski definition) is 1. The van der Waals surface area contributed by atoms with Gasteiger partial charge in [-0.3, -0.25) is 0 Å². The predicted molar refractivity (Wildman–Crippen MR) is 156 cm³/mol. The minimum atomic E-state index is -0.660. The molecule has 5 nitrogen and oxygen atoms in total. The SMILES string of the molecule is CC[S+](Cc1ccccc1)C1=C(OC(C)(C)C)C(c2cccc(Cl)c2Cl)C(C(=O)OCC=C=C=O)=C(C)N1. The fourth-order valence-electron chi connectivity index (χ4n) is 4.11. The number of esters is 1. The van der Waals surface area contributed by atoms with Crippen molar-refractivity contribution in [2.45, 2.75) is 51.9 Å². The number of ether oxygens (including phenoxy) is 2. The molecule has 0 amide bonds. The molecule has 0 saturated heterocycles. The van der Waals surface area contributed by atoms with Crippen molar-refractivity contribution in [2.75, 3.05) is 12.4 Å². The number of hydrogen-bond acceptors (Lipinski definition) is 5. The fourth-order valence-corrected chi connectivity index (χ4v) is 6.50. The molecule has 3 rings (SSSR count). The highest BCUT2D eigenvalue weighted by Gasteiger charge is 2.44. The molecule has 1 N–H and O–H groups in total. The standard InChI is InChI=1S/C30H31Cl2NO4S/c1-6-38(19-21-13-8-7-9-14-21)28-27(37-30(3,4)5)25(22-15-12-16-23(31)26(22)32)24(20(2)33-28)29(35)36-18-11-10-17-34/h7-9,11-16,25H,6,18-19H2,1-5H3/p+1. The van der Waals surface area contributed by atoms with E-state index < -0.39 is 17.5 Å². The first-order valence-electron chi connectivity index (χ1n) is 12.2. The smallest absolute Gasteiger partial charge is 0.337 e. The highest BCUT2D eigenvalue weighted by molar-refractivity contribution is 7.99. The van der Waals surface area contributed by atoms with Crippen LogP contribution in [0.25, 0.3) is 0 Å². The molecule has 200 valence electrons. The maximum absolute atomic E-state index is 13.5. The topological polar surface area (TPSA) is 64.6 Å². The highest BCUT2D eigenvalue weighted by Crippen LogP contribution is 2.46. The van der Waals surface area contributed by atoms with Gasteiger partial charge < -0.3 is 14.8 Å². The average Bonchev–Trinajstić information content (AvgIpc) is 2.87.